The maximum Gasteiger partial charge on any atom is 0.197 e. The Balaban J connectivity index is 2.31. The van der Waals surface area contributed by atoms with Gasteiger partial charge in [0.15, 0.2) is 5.78 Å². The van der Waals surface area contributed by atoms with Crippen LogP contribution < -0.4 is 0 Å². The van der Waals surface area contributed by atoms with Crippen molar-refractivity contribution < 1.29 is 15.0 Å². The fourth-order valence-electron chi connectivity index (χ4n) is 2.63. The molecule has 86 valence electrons. The molecular weight excluding hydrogens is 216 g/mol. The summed E-state index contributed by atoms with van der Waals surface area (Å²) < 4.78 is 0. The largest absolute Gasteiger partial charge is 0.508 e. The number of fused-ring (bicyclic) bond motifs is 2. The summed E-state index contributed by atoms with van der Waals surface area (Å²) in [6.45, 7) is 1.93. The number of carbonyl (C=O) groups is 1. The van der Waals surface area contributed by atoms with Crippen molar-refractivity contribution >= 4 is 5.78 Å². The van der Waals surface area contributed by atoms with E-state index in [1.807, 2.05) is 13.0 Å². The molecule has 0 radical (unpaired) electrons. The second-order valence-corrected chi connectivity index (χ2v) is 4.55. The molecule has 2 N–H and O–H groups in total. The van der Waals surface area contributed by atoms with E-state index in [2.05, 4.69) is 0 Å². The standard InChI is InChI=1S/C14H12O3/c1-7-2-3-8-6-9-10(15)4-5-11(16)13(9)14(17)12(7)8/h3-5,15-16H,2,6H2,1H3. The number of hydrogen-bond acceptors (Lipinski definition) is 3. The molecule has 0 spiro atoms. The summed E-state index contributed by atoms with van der Waals surface area (Å²) in [5.41, 5.74) is 3.54. The molecule has 0 saturated carbocycles. The lowest BCUT2D eigenvalue weighted by Crippen LogP contribution is -2.16. The van der Waals surface area contributed by atoms with Gasteiger partial charge >= 0.3 is 0 Å². The first-order valence-corrected chi connectivity index (χ1v) is 5.57. The number of Topliss-reactive ketones (excluding diaryl/α,β-unsaturated/α-hetero) is 1. The van der Waals surface area contributed by atoms with Crippen LogP contribution in [0, 0.1) is 0 Å². The van der Waals surface area contributed by atoms with Crippen LogP contribution in [0.5, 0.6) is 11.5 Å². The smallest absolute Gasteiger partial charge is 0.197 e. The zero-order chi connectivity index (χ0) is 12.2. The molecule has 3 rings (SSSR count). The number of aromatic hydroxyl groups is 2. The Kier molecular flexibility index (Phi) is 1.93. The van der Waals surface area contributed by atoms with Crippen LogP contribution in [-0.4, -0.2) is 16.0 Å². The SMILES string of the molecule is CC1=C2C(=O)c3c(O)ccc(O)c3CC2=CC1. The van der Waals surface area contributed by atoms with Crippen molar-refractivity contribution in [3.8, 4) is 11.5 Å². The summed E-state index contributed by atoms with van der Waals surface area (Å²) in [4.78, 5) is 12.3. The maximum absolute atomic E-state index is 12.3. The van der Waals surface area contributed by atoms with Crippen LogP contribution in [0.4, 0.5) is 0 Å². The molecule has 3 heteroatoms. The van der Waals surface area contributed by atoms with Crippen LogP contribution in [0.3, 0.4) is 0 Å². The average Bonchev–Trinajstić information content (AvgIpc) is 2.66. The van der Waals surface area contributed by atoms with E-state index < -0.39 is 0 Å². The molecule has 0 aromatic heterocycles. The van der Waals surface area contributed by atoms with Crippen molar-refractivity contribution in [3.05, 3.63) is 46.1 Å². The predicted octanol–water partition coefficient (Wildman–Crippen LogP) is 2.48. The van der Waals surface area contributed by atoms with E-state index in [4.69, 9.17) is 0 Å². The van der Waals surface area contributed by atoms with Gasteiger partial charge in [-0.15, -0.1) is 0 Å². The molecule has 0 fully saturated rings. The Bertz CT molecular complexity index is 606. The highest BCUT2D eigenvalue weighted by molar-refractivity contribution is 6.16. The second-order valence-electron chi connectivity index (χ2n) is 4.55. The molecule has 0 heterocycles. The molecule has 0 saturated heterocycles. The van der Waals surface area contributed by atoms with Gasteiger partial charge in [0.25, 0.3) is 0 Å². The molecule has 17 heavy (non-hydrogen) atoms. The number of ketones is 1. The number of carbonyl (C=O) groups excluding carboxylic acids is 1. The molecule has 1 aromatic carbocycles. The quantitative estimate of drug-likeness (QED) is 0.671. The van der Waals surface area contributed by atoms with E-state index in [0.29, 0.717) is 12.0 Å². The van der Waals surface area contributed by atoms with Crippen molar-refractivity contribution in [1.29, 1.82) is 0 Å². The number of hydrogen-bond donors (Lipinski definition) is 2. The third kappa shape index (κ3) is 1.25. The van der Waals surface area contributed by atoms with Gasteiger partial charge in [-0.05, 0) is 31.1 Å². The number of allylic oxidation sites excluding steroid dienone is 4. The summed E-state index contributed by atoms with van der Waals surface area (Å²) in [5, 5.41) is 19.6. The summed E-state index contributed by atoms with van der Waals surface area (Å²) in [5.74, 6) is -0.134. The summed E-state index contributed by atoms with van der Waals surface area (Å²) in [6, 6.07) is 2.80. The van der Waals surface area contributed by atoms with Gasteiger partial charge in [0, 0.05) is 17.6 Å². The van der Waals surface area contributed by atoms with Crippen molar-refractivity contribution in [2.75, 3.05) is 0 Å². The first-order chi connectivity index (χ1) is 8.09. The molecule has 0 bridgehead atoms. The molecule has 1 aromatic rings. The van der Waals surface area contributed by atoms with Crippen LogP contribution >= 0.6 is 0 Å². The van der Waals surface area contributed by atoms with E-state index in [9.17, 15) is 15.0 Å². The molecule has 0 unspecified atom stereocenters. The average molecular weight is 228 g/mol. The van der Waals surface area contributed by atoms with Gasteiger partial charge in [-0.1, -0.05) is 11.6 Å². The van der Waals surface area contributed by atoms with Gasteiger partial charge < -0.3 is 10.2 Å². The van der Waals surface area contributed by atoms with Gasteiger partial charge in [0.05, 0.1) is 5.56 Å². The van der Waals surface area contributed by atoms with E-state index in [1.54, 1.807) is 0 Å². The first-order valence-electron chi connectivity index (χ1n) is 5.57. The Morgan fingerprint density at radius 2 is 1.88 bits per heavy atom. The molecule has 3 nitrogen and oxygen atoms in total. The maximum atomic E-state index is 12.3. The van der Waals surface area contributed by atoms with Crippen LogP contribution in [0.25, 0.3) is 0 Å². The highest BCUT2D eigenvalue weighted by Crippen LogP contribution is 2.42. The Morgan fingerprint density at radius 1 is 1.18 bits per heavy atom. The van der Waals surface area contributed by atoms with Crippen molar-refractivity contribution in [2.45, 2.75) is 19.8 Å². The predicted molar refractivity (Wildman–Crippen MR) is 63.2 cm³/mol. The third-order valence-electron chi connectivity index (χ3n) is 3.49. The van der Waals surface area contributed by atoms with Gasteiger partial charge in [0.1, 0.15) is 11.5 Å². The number of phenolic OH excluding ortho intramolecular Hbond substituents is 2. The molecule has 2 aliphatic carbocycles. The number of rotatable bonds is 0. The topological polar surface area (TPSA) is 57.5 Å². The van der Waals surface area contributed by atoms with Crippen LogP contribution in [0.15, 0.2) is 34.9 Å². The zero-order valence-electron chi connectivity index (χ0n) is 9.45. The van der Waals surface area contributed by atoms with Crippen LogP contribution in [0.1, 0.15) is 29.3 Å². The van der Waals surface area contributed by atoms with E-state index >= 15 is 0 Å². The molecule has 0 aliphatic heterocycles. The minimum absolute atomic E-state index is 0.0472. The molecule has 0 amide bonds. The van der Waals surface area contributed by atoms with E-state index in [0.717, 1.165) is 23.1 Å². The number of benzene rings is 1. The highest BCUT2D eigenvalue weighted by atomic mass is 16.3. The Hall–Kier alpha value is -2.03. The second kappa shape index (κ2) is 3.23. The van der Waals surface area contributed by atoms with E-state index in [1.165, 1.54) is 12.1 Å². The van der Waals surface area contributed by atoms with Crippen LogP contribution in [-0.2, 0) is 6.42 Å². The van der Waals surface area contributed by atoms with Gasteiger partial charge in [-0.3, -0.25) is 4.79 Å². The normalized spacial score (nSPS) is 17.9. The number of phenols is 2. The van der Waals surface area contributed by atoms with Gasteiger partial charge in [0.2, 0.25) is 0 Å². The fraction of sp³-hybridized carbons (Fsp3) is 0.214. The molecular formula is C14H12O3. The summed E-state index contributed by atoms with van der Waals surface area (Å²) >= 11 is 0. The van der Waals surface area contributed by atoms with Crippen molar-refractivity contribution in [1.82, 2.24) is 0 Å². The first kappa shape index (κ1) is 10.1. The summed E-state index contributed by atoms with van der Waals surface area (Å²) in [7, 11) is 0. The Morgan fingerprint density at radius 3 is 2.65 bits per heavy atom. The summed E-state index contributed by atoms with van der Waals surface area (Å²) in [6.07, 6.45) is 3.33. The minimum atomic E-state index is -0.166. The van der Waals surface area contributed by atoms with Crippen LogP contribution in [0.2, 0.25) is 0 Å². The van der Waals surface area contributed by atoms with Gasteiger partial charge in [-0.2, -0.15) is 0 Å². The lowest BCUT2D eigenvalue weighted by atomic mass is 9.82. The molecule has 0 atom stereocenters. The lowest BCUT2D eigenvalue weighted by Gasteiger charge is -2.21. The lowest BCUT2D eigenvalue weighted by molar-refractivity contribution is 0.102. The zero-order valence-corrected chi connectivity index (χ0v) is 9.45. The Labute approximate surface area is 98.7 Å². The van der Waals surface area contributed by atoms with Crippen molar-refractivity contribution in [2.24, 2.45) is 0 Å². The molecule has 2 aliphatic rings. The van der Waals surface area contributed by atoms with Gasteiger partial charge in [-0.25, -0.2) is 0 Å². The van der Waals surface area contributed by atoms with E-state index in [-0.39, 0.29) is 22.8 Å². The minimum Gasteiger partial charge on any atom is -0.508 e. The third-order valence-corrected chi connectivity index (χ3v) is 3.49. The van der Waals surface area contributed by atoms with Crippen molar-refractivity contribution in [3.63, 3.8) is 0 Å². The highest BCUT2D eigenvalue weighted by Gasteiger charge is 2.33. The monoisotopic (exact) mass is 228 g/mol. The fourth-order valence-corrected chi connectivity index (χ4v) is 2.63.